The van der Waals surface area contributed by atoms with Crippen LogP contribution < -0.4 is 0 Å². The van der Waals surface area contributed by atoms with E-state index in [0.29, 0.717) is 15.6 Å². The smallest absolute Gasteiger partial charge is 0.170 e. The largest absolute Gasteiger partial charge is 0.374 e. The van der Waals surface area contributed by atoms with Gasteiger partial charge in [-0.15, -0.1) is 0 Å². The monoisotopic (exact) mass is 270 g/mol. The predicted molar refractivity (Wildman–Crippen MR) is 66.8 cm³/mol. The number of halogens is 2. The van der Waals surface area contributed by atoms with Crippen molar-refractivity contribution in [3.8, 4) is 0 Å². The summed E-state index contributed by atoms with van der Waals surface area (Å²) in [5.41, 5.74) is 0.528. The Morgan fingerprint density at radius 3 is 2.76 bits per heavy atom. The molecule has 0 aliphatic carbocycles. The summed E-state index contributed by atoms with van der Waals surface area (Å²) in [6.07, 6.45) is 3.25. The van der Waals surface area contributed by atoms with Gasteiger partial charge in [0.25, 0.3) is 0 Å². The number of ketones is 1. The molecule has 1 aromatic carbocycles. The summed E-state index contributed by atoms with van der Waals surface area (Å²) in [5, 5.41) is 1.02. The van der Waals surface area contributed by atoms with Crippen LogP contribution in [0.4, 0.5) is 0 Å². The number of hydrogen-bond acceptors (Lipinski definition) is 2. The Bertz CT molecular complexity index is 472. The maximum atomic E-state index is 12.4. The fraction of sp³-hybridized carbons (Fsp3) is 0.462. The molecule has 0 aromatic heterocycles. The van der Waals surface area contributed by atoms with Crippen molar-refractivity contribution in [2.45, 2.75) is 31.5 Å². The van der Waals surface area contributed by atoms with Gasteiger partial charge in [-0.25, -0.2) is 0 Å². The molecule has 2 bridgehead atoms. The van der Waals surface area contributed by atoms with E-state index in [4.69, 9.17) is 27.9 Å². The second-order valence-corrected chi connectivity index (χ2v) is 5.55. The third-order valence-corrected chi connectivity index (χ3v) is 4.20. The molecule has 0 saturated carbocycles. The van der Waals surface area contributed by atoms with Gasteiger partial charge in [-0.05, 0) is 37.5 Å². The fourth-order valence-electron chi connectivity index (χ4n) is 2.80. The maximum Gasteiger partial charge on any atom is 0.170 e. The molecule has 2 heterocycles. The molecule has 2 aliphatic rings. The summed E-state index contributed by atoms with van der Waals surface area (Å²) in [6, 6.07) is 5.02. The SMILES string of the molecule is O=C(c1cc(Cl)ccc1Cl)C1CC2CCC1O2. The van der Waals surface area contributed by atoms with Crippen LogP contribution in [0.2, 0.25) is 10.0 Å². The third-order valence-electron chi connectivity index (χ3n) is 3.64. The molecule has 90 valence electrons. The molecule has 0 N–H and O–H groups in total. The van der Waals surface area contributed by atoms with E-state index in [1.165, 1.54) is 0 Å². The van der Waals surface area contributed by atoms with E-state index >= 15 is 0 Å². The van der Waals surface area contributed by atoms with Gasteiger partial charge in [-0.3, -0.25) is 4.79 Å². The van der Waals surface area contributed by atoms with Gasteiger partial charge in [0.2, 0.25) is 0 Å². The number of hydrogen-bond donors (Lipinski definition) is 0. The van der Waals surface area contributed by atoms with Crippen molar-refractivity contribution in [3.05, 3.63) is 33.8 Å². The van der Waals surface area contributed by atoms with Crippen LogP contribution >= 0.6 is 23.2 Å². The molecule has 2 nitrogen and oxygen atoms in total. The minimum Gasteiger partial charge on any atom is -0.374 e. The molecule has 17 heavy (non-hydrogen) atoms. The van der Waals surface area contributed by atoms with Crippen LogP contribution in [-0.4, -0.2) is 18.0 Å². The molecule has 3 atom stereocenters. The van der Waals surface area contributed by atoms with Crippen LogP contribution in [0.25, 0.3) is 0 Å². The molecule has 1 aromatic rings. The van der Waals surface area contributed by atoms with Gasteiger partial charge in [0, 0.05) is 10.6 Å². The lowest BCUT2D eigenvalue weighted by atomic mass is 9.84. The normalized spacial score (nSPS) is 30.8. The second-order valence-electron chi connectivity index (χ2n) is 4.70. The highest BCUT2D eigenvalue weighted by atomic mass is 35.5. The third kappa shape index (κ3) is 1.99. The standard InChI is InChI=1S/C13H12Cl2O2/c14-7-1-3-11(15)9(5-7)13(16)10-6-8-2-4-12(10)17-8/h1,3,5,8,10,12H,2,4,6H2. The highest BCUT2D eigenvalue weighted by Gasteiger charge is 2.44. The Labute approximate surface area is 110 Å². The highest BCUT2D eigenvalue weighted by molar-refractivity contribution is 6.36. The quantitative estimate of drug-likeness (QED) is 0.766. The zero-order chi connectivity index (χ0) is 12.0. The Morgan fingerprint density at radius 1 is 1.29 bits per heavy atom. The number of carbonyl (C=O) groups excluding carboxylic acids is 1. The van der Waals surface area contributed by atoms with Crippen molar-refractivity contribution >= 4 is 29.0 Å². The summed E-state index contributed by atoms with van der Waals surface area (Å²) >= 11 is 12.0. The molecule has 3 rings (SSSR count). The van der Waals surface area contributed by atoms with E-state index in [9.17, 15) is 4.79 Å². The lowest BCUT2D eigenvalue weighted by molar-refractivity contribution is 0.0743. The Balaban J connectivity index is 1.89. The van der Waals surface area contributed by atoms with Crippen molar-refractivity contribution in [1.29, 1.82) is 0 Å². The van der Waals surface area contributed by atoms with Crippen LogP contribution in [0.15, 0.2) is 18.2 Å². The first kappa shape index (κ1) is 11.5. The van der Waals surface area contributed by atoms with Crippen molar-refractivity contribution < 1.29 is 9.53 Å². The van der Waals surface area contributed by atoms with Gasteiger partial charge in [0.05, 0.1) is 23.1 Å². The Kier molecular flexibility index (Phi) is 2.89. The average Bonchev–Trinajstić information content (AvgIpc) is 2.93. The summed E-state index contributed by atoms with van der Waals surface area (Å²) in [7, 11) is 0. The van der Waals surface area contributed by atoms with E-state index in [-0.39, 0.29) is 23.9 Å². The number of Topliss-reactive ketones (excluding diaryl/α,β-unsaturated/α-hetero) is 1. The average molecular weight is 271 g/mol. The summed E-state index contributed by atoms with van der Waals surface area (Å²) in [6.45, 7) is 0. The van der Waals surface area contributed by atoms with Gasteiger partial charge < -0.3 is 4.74 Å². The number of benzene rings is 1. The second kappa shape index (κ2) is 4.27. The van der Waals surface area contributed by atoms with E-state index in [1.807, 2.05) is 0 Å². The molecular formula is C13H12Cl2O2. The Hall–Kier alpha value is -0.570. The number of fused-ring (bicyclic) bond motifs is 2. The van der Waals surface area contributed by atoms with Crippen molar-refractivity contribution in [2.24, 2.45) is 5.92 Å². The zero-order valence-electron chi connectivity index (χ0n) is 9.16. The summed E-state index contributed by atoms with van der Waals surface area (Å²) in [4.78, 5) is 12.4. The number of rotatable bonds is 2. The number of ether oxygens (including phenoxy) is 1. The zero-order valence-corrected chi connectivity index (χ0v) is 10.7. The predicted octanol–water partition coefficient (Wildman–Crippen LogP) is 3.74. The Morgan fingerprint density at radius 2 is 2.12 bits per heavy atom. The van der Waals surface area contributed by atoms with Crippen molar-refractivity contribution in [2.75, 3.05) is 0 Å². The summed E-state index contributed by atoms with van der Waals surface area (Å²) in [5.74, 6) is 0.0365. The van der Waals surface area contributed by atoms with Gasteiger partial charge >= 0.3 is 0 Å². The van der Waals surface area contributed by atoms with Crippen LogP contribution in [-0.2, 0) is 4.74 Å². The van der Waals surface area contributed by atoms with E-state index in [2.05, 4.69) is 0 Å². The molecule has 2 fully saturated rings. The molecule has 2 aliphatic heterocycles. The van der Waals surface area contributed by atoms with E-state index in [0.717, 1.165) is 19.3 Å². The van der Waals surface area contributed by atoms with Gasteiger partial charge in [0.1, 0.15) is 0 Å². The van der Waals surface area contributed by atoms with Crippen LogP contribution in [0.3, 0.4) is 0 Å². The van der Waals surface area contributed by atoms with Crippen LogP contribution in [0.5, 0.6) is 0 Å². The first-order chi connectivity index (χ1) is 8.15. The van der Waals surface area contributed by atoms with Gasteiger partial charge in [0.15, 0.2) is 5.78 Å². The molecule has 0 radical (unpaired) electrons. The highest BCUT2D eigenvalue weighted by Crippen LogP contribution is 2.41. The first-order valence-corrected chi connectivity index (χ1v) is 6.55. The maximum absolute atomic E-state index is 12.4. The number of carbonyl (C=O) groups is 1. The first-order valence-electron chi connectivity index (χ1n) is 5.80. The molecule has 0 spiro atoms. The minimum absolute atomic E-state index is 0.0373. The molecule has 2 saturated heterocycles. The van der Waals surface area contributed by atoms with Gasteiger partial charge in [-0.2, -0.15) is 0 Å². The minimum atomic E-state index is -0.0373. The molecular weight excluding hydrogens is 259 g/mol. The van der Waals surface area contributed by atoms with Crippen molar-refractivity contribution in [3.63, 3.8) is 0 Å². The molecule has 3 unspecified atom stereocenters. The lowest BCUT2D eigenvalue weighted by Gasteiger charge is -2.17. The van der Waals surface area contributed by atoms with E-state index < -0.39 is 0 Å². The lowest BCUT2D eigenvalue weighted by Crippen LogP contribution is -2.25. The van der Waals surface area contributed by atoms with E-state index in [1.54, 1.807) is 18.2 Å². The van der Waals surface area contributed by atoms with Gasteiger partial charge in [-0.1, -0.05) is 23.2 Å². The van der Waals surface area contributed by atoms with Crippen LogP contribution in [0, 0.1) is 5.92 Å². The molecule has 0 amide bonds. The fourth-order valence-corrected chi connectivity index (χ4v) is 3.18. The summed E-state index contributed by atoms with van der Waals surface area (Å²) < 4.78 is 5.70. The topological polar surface area (TPSA) is 26.3 Å². The molecule has 4 heteroatoms. The van der Waals surface area contributed by atoms with Crippen LogP contribution in [0.1, 0.15) is 29.6 Å². The van der Waals surface area contributed by atoms with Crippen molar-refractivity contribution in [1.82, 2.24) is 0 Å².